The van der Waals surface area contributed by atoms with Crippen molar-refractivity contribution in [1.29, 1.82) is 0 Å². The lowest BCUT2D eigenvalue weighted by molar-refractivity contribution is -0.142. The third-order valence-corrected chi connectivity index (χ3v) is 10.5. The molecule has 4 N–H and O–H groups in total. The van der Waals surface area contributed by atoms with E-state index in [0.717, 1.165) is 31.6 Å². The molecule has 1 aliphatic heterocycles. The number of unbranched alkanes of at least 4 members (excludes halogenated alkanes) is 1. The van der Waals surface area contributed by atoms with Crippen molar-refractivity contribution in [2.24, 2.45) is 17.8 Å². The first-order valence-corrected chi connectivity index (χ1v) is 20.4. The summed E-state index contributed by atoms with van der Waals surface area (Å²) >= 11 is 0. The number of aromatic nitrogens is 1. The van der Waals surface area contributed by atoms with Crippen molar-refractivity contribution in [2.45, 2.75) is 117 Å². The molecule has 0 bridgehead atoms. The van der Waals surface area contributed by atoms with E-state index < -0.39 is 53.8 Å². The number of Topliss-reactive ketones (excluding diaryl/α,β-unsaturated/α-hetero) is 2. The average molecular weight is 777 g/mol. The van der Waals surface area contributed by atoms with Gasteiger partial charge in [0.15, 0.2) is 11.6 Å². The molecule has 0 aliphatic carbocycles. The predicted molar refractivity (Wildman–Crippen MR) is 215 cm³/mol. The highest BCUT2D eigenvalue weighted by Crippen LogP contribution is 2.23. The molecule has 0 radical (unpaired) electrons. The van der Waals surface area contributed by atoms with Gasteiger partial charge in [-0.25, -0.2) is 0 Å². The molecular weight excluding hydrogens is 713 g/mol. The van der Waals surface area contributed by atoms with Crippen LogP contribution in [0.5, 0.6) is 0 Å². The summed E-state index contributed by atoms with van der Waals surface area (Å²) in [6, 6.07) is 9.91. The summed E-state index contributed by atoms with van der Waals surface area (Å²) in [5, 5.41) is 19.0. The van der Waals surface area contributed by atoms with Crippen molar-refractivity contribution < 1.29 is 33.9 Å². The van der Waals surface area contributed by atoms with Gasteiger partial charge in [-0.05, 0) is 89.2 Å². The van der Waals surface area contributed by atoms with Crippen molar-refractivity contribution in [3.63, 3.8) is 0 Å². The van der Waals surface area contributed by atoms with Gasteiger partial charge in [-0.15, -0.1) is 0 Å². The normalized spacial score (nSPS) is 17.6. The van der Waals surface area contributed by atoms with Gasteiger partial charge in [0, 0.05) is 62.1 Å². The molecule has 0 saturated carbocycles. The van der Waals surface area contributed by atoms with E-state index in [-0.39, 0.29) is 55.6 Å². The standard InChI is InChI=1S/C43H64N6O7/c1-7-45-42(55)37-26-35(50)28-49(37)43(56)36(19-13-14-21-48(8-2)9-3)47-41(54)33(22-29(4)5)24-38(51)30(6)46-40(53)34(23-31-16-11-10-12-17-31)25-39(52)32-18-15-20-44-27-32/h10-12,15-18,20,27,29-30,33-37,50H,7-9,13-14,19,21-26,28H2,1-6H3,(H,45,55)(H,46,53)(H,47,54)/t30-,33+,34+,35?,36-,37-/m0/s1. The number of benzene rings is 1. The van der Waals surface area contributed by atoms with E-state index in [1.807, 2.05) is 44.2 Å². The summed E-state index contributed by atoms with van der Waals surface area (Å²) in [6.07, 6.45) is 4.45. The van der Waals surface area contributed by atoms with Crippen LogP contribution < -0.4 is 16.0 Å². The highest BCUT2D eigenvalue weighted by atomic mass is 16.3. The Hall–Kier alpha value is -4.49. The fraction of sp³-hybridized carbons (Fsp3) is 0.605. The van der Waals surface area contributed by atoms with E-state index in [1.54, 1.807) is 32.2 Å². The lowest BCUT2D eigenvalue weighted by atomic mass is 9.89. The molecule has 0 spiro atoms. The first kappa shape index (κ1) is 45.9. The number of carbonyl (C=O) groups is 6. The monoisotopic (exact) mass is 776 g/mol. The van der Waals surface area contributed by atoms with E-state index in [9.17, 15) is 33.9 Å². The van der Waals surface area contributed by atoms with Gasteiger partial charge < -0.3 is 30.9 Å². The number of likely N-dealkylation sites (tertiary alicyclic amines) is 1. The van der Waals surface area contributed by atoms with E-state index >= 15 is 0 Å². The van der Waals surface area contributed by atoms with Gasteiger partial charge in [0.1, 0.15) is 12.1 Å². The number of hydrogen-bond acceptors (Lipinski definition) is 9. The van der Waals surface area contributed by atoms with Crippen LogP contribution in [0.15, 0.2) is 54.9 Å². The third-order valence-electron chi connectivity index (χ3n) is 10.5. The van der Waals surface area contributed by atoms with Gasteiger partial charge in [-0.1, -0.05) is 58.0 Å². The second-order valence-corrected chi connectivity index (χ2v) is 15.4. The zero-order valence-electron chi connectivity index (χ0n) is 34.2. The Bertz CT molecular complexity index is 1570. The number of aliphatic hydroxyl groups is 1. The van der Waals surface area contributed by atoms with Crippen LogP contribution in [0.2, 0.25) is 0 Å². The van der Waals surface area contributed by atoms with Crippen molar-refractivity contribution in [3.05, 3.63) is 66.0 Å². The SMILES string of the molecule is CCNC(=O)[C@@H]1CC(O)CN1C(=O)[C@H](CCCCN(CC)CC)NC(=O)[C@@H](CC(=O)[C@H](C)NC(=O)[C@@H](CC(=O)c1cccnc1)Cc1ccccc1)CC(C)C. The van der Waals surface area contributed by atoms with Gasteiger partial charge in [-0.3, -0.25) is 33.8 Å². The lowest BCUT2D eigenvalue weighted by Crippen LogP contribution is -2.54. The second kappa shape index (κ2) is 23.5. The van der Waals surface area contributed by atoms with Gasteiger partial charge in [0.05, 0.1) is 12.1 Å². The Kier molecular flexibility index (Phi) is 19.3. The van der Waals surface area contributed by atoms with Crippen molar-refractivity contribution in [1.82, 2.24) is 30.7 Å². The first-order valence-electron chi connectivity index (χ1n) is 20.4. The molecular formula is C43H64N6O7. The minimum atomic E-state index is -0.959. The molecule has 2 aromatic rings. The Balaban J connectivity index is 1.76. The molecule has 1 unspecified atom stereocenters. The van der Waals surface area contributed by atoms with E-state index in [1.165, 1.54) is 11.1 Å². The number of nitrogens with one attached hydrogen (secondary N) is 3. The maximum Gasteiger partial charge on any atom is 0.245 e. The summed E-state index contributed by atoms with van der Waals surface area (Å²) < 4.78 is 0. The third kappa shape index (κ3) is 14.5. The van der Waals surface area contributed by atoms with Crippen LogP contribution >= 0.6 is 0 Å². The molecule has 13 heteroatoms. The average Bonchev–Trinajstić information content (AvgIpc) is 3.58. The maximum atomic E-state index is 14.1. The number of pyridine rings is 1. The minimum Gasteiger partial charge on any atom is -0.391 e. The summed E-state index contributed by atoms with van der Waals surface area (Å²) in [5.41, 5.74) is 1.27. The highest BCUT2D eigenvalue weighted by molar-refractivity contribution is 5.99. The van der Waals surface area contributed by atoms with Gasteiger partial charge >= 0.3 is 0 Å². The van der Waals surface area contributed by atoms with E-state index in [2.05, 4.69) is 39.7 Å². The number of aliphatic hydroxyl groups excluding tert-OH is 1. The molecule has 1 saturated heterocycles. The maximum absolute atomic E-state index is 14.1. The van der Waals surface area contributed by atoms with E-state index in [0.29, 0.717) is 31.4 Å². The molecule has 1 fully saturated rings. The molecule has 4 amide bonds. The predicted octanol–water partition coefficient (Wildman–Crippen LogP) is 3.73. The molecule has 2 heterocycles. The smallest absolute Gasteiger partial charge is 0.245 e. The summed E-state index contributed by atoms with van der Waals surface area (Å²) in [5.74, 6) is -3.77. The molecule has 3 rings (SSSR count). The summed E-state index contributed by atoms with van der Waals surface area (Å²) in [7, 11) is 0. The van der Waals surface area contributed by atoms with Crippen LogP contribution in [0.25, 0.3) is 0 Å². The zero-order chi connectivity index (χ0) is 41.2. The molecule has 13 nitrogen and oxygen atoms in total. The number of amides is 4. The van der Waals surface area contributed by atoms with Crippen LogP contribution in [0.1, 0.15) is 102 Å². The molecule has 1 aromatic heterocycles. The topological polar surface area (TPSA) is 178 Å². The van der Waals surface area contributed by atoms with Crippen LogP contribution in [0, 0.1) is 17.8 Å². The fourth-order valence-corrected chi connectivity index (χ4v) is 7.28. The van der Waals surface area contributed by atoms with Crippen LogP contribution in [-0.2, 0) is 30.4 Å². The molecule has 1 aromatic carbocycles. The fourth-order valence-electron chi connectivity index (χ4n) is 7.28. The number of likely N-dealkylation sites (N-methyl/N-ethyl adjacent to an activating group) is 1. The van der Waals surface area contributed by atoms with Crippen LogP contribution in [0.4, 0.5) is 0 Å². The molecule has 308 valence electrons. The number of nitrogens with zero attached hydrogens (tertiary/aromatic N) is 3. The van der Waals surface area contributed by atoms with E-state index in [4.69, 9.17) is 0 Å². The van der Waals surface area contributed by atoms with Crippen LogP contribution in [-0.4, -0.2) is 112 Å². The summed E-state index contributed by atoms with van der Waals surface area (Å²) in [4.78, 5) is 89.4. The Morgan fingerprint density at radius 3 is 2.21 bits per heavy atom. The first-order chi connectivity index (χ1) is 26.8. The van der Waals surface area contributed by atoms with Crippen LogP contribution in [0.3, 0.4) is 0 Å². The number of rotatable bonds is 24. The quantitative estimate of drug-likeness (QED) is 0.0914. The van der Waals surface area contributed by atoms with Gasteiger partial charge in [0.25, 0.3) is 0 Å². The zero-order valence-corrected chi connectivity index (χ0v) is 34.2. The number of β-amino-alcohol motifs (C(OH)–C–C–N with tert-alkyl or cyclic N) is 1. The molecule has 1 aliphatic rings. The van der Waals surface area contributed by atoms with Crippen molar-refractivity contribution in [3.8, 4) is 0 Å². The van der Waals surface area contributed by atoms with Crippen molar-refractivity contribution in [2.75, 3.05) is 32.7 Å². The Labute approximate surface area is 332 Å². The number of hydrogen-bond donors (Lipinski definition) is 4. The molecule has 56 heavy (non-hydrogen) atoms. The Morgan fingerprint density at radius 2 is 1.59 bits per heavy atom. The minimum absolute atomic E-state index is 0.0172. The largest absolute Gasteiger partial charge is 0.391 e. The van der Waals surface area contributed by atoms with Crippen molar-refractivity contribution >= 4 is 35.2 Å². The highest BCUT2D eigenvalue weighted by Gasteiger charge is 2.42. The molecule has 6 atom stereocenters. The van der Waals surface area contributed by atoms with Gasteiger partial charge in [-0.2, -0.15) is 0 Å². The lowest BCUT2D eigenvalue weighted by Gasteiger charge is -2.30. The second-order valence-electron chi connectivity index (χ2n) is 15.4. The number of carbonyl (C=O) groups excluding carboxylic acids is 6. The van der Waals surface area contributed by atoms with Gasteiger partial charge in [0.2, 0.25) is 23.6 Å². The number of ketones is 2. The Morgan fingerprint density at radius 1 is 0.893 bits per heavy atom. The summed E-state index contributed by atoms with van der Waals surface area (Å²) in [6.45, 7) is 14.4.